The van der Waals surface area contributed by atoms with Gasteiger partial charge in [-0.3, -0.25) is 4.57 Å². The van der Waals surface area contributed by atoms with E-state index in [9.17, 15) is 9.59 Å². The normalized spacial score (nSPS) is 12.8. The Labute approximate surface area is 81.0 Å². The summed E-state index contributed by atoms with van der Waals surface area (Å²) in [7, 11) is 0. The lowest BCUT2D eigenvalue weighted by Gasteiger charge is -2.17. The Morgan fingerprint density at radius 3 is 2.64 bits per heavy atom. The summed E-state index contributed by atoms with van der Waals surface area (Å²) in [4.78, 5) is 25.7. The van der Waals surface area contributed by atoms with Gasteiger partial charge in [-0.25, -0.2) is 14.6 Å². The average molecular weight is 196 g/mol. The summed E-state index contributed by atoms with van der Waals surface area (Å²) >= 11 is 0. The quantitative estimate of drug-likeness (QED) is 0.765. The van der Waals surface area contributed by atoms with Crippen LogP contribution in [0.15, 0.2) is 23.3 Å². The zero-order chi connectivity index (χ0) is 10.7. The van der Waals surface area contributed by atoms with Gasteiger partial charge in [-0.05, 0) is 12.0 Å². The molecule has 1 aromatic rings. The first kappa shape index (κ1) is 10.4. The van der Waals surface area contributed by atoms with Crippen LogP contribution in [0, 0.1) is 5.92 Å². The van der Waals surface area contributed by atoms with Gasteiger partial charge in [0.15, 0.2) is 0 Å². The highest BCUT2D eigenvalue weighted by Gasteiger charge is 2.24. The molecule has 1 aromatic heterocycles. The molecule has 0 amide bonds. The second-order valence-electron chi connectivity index (χ2n) is 3.34. The summed E-state index contributed by atoms with van der Waals surface area (Å²) in [6.07, 6.45) is 2.78. The van der Waals surface area contributed by atoms with Gasteiger partial charge in [-0.2, -0.15) is 0 Å². The fourth-order valence-electron chi connectivity index (χ4n) is 1.31. The Morgan fingerprint density at radius 1 is 1.57 bits per heavy atom. The molecule has 1 unspecified atom stereocenters. The Balaban J connectivity index is 3.19. The number of rotatable bonds is 3. The van der Waals surface area contributed by atoms with E-state index in [0.717, 1.165) is 4.57 Å². The maximum Gasteiger partial charge on any atom is 0.348 e. The van der Waals surface area contributed by atoms with E-state index in [0.29, 0.717) is 0 Å². The molecule has 76 valence electrons. The number of aromatic nitrogens is 2. The number of carboxylic acid groups (broad SMARTS) is 1. The molecule has 1 atom stereocenters. The number of nitrogens with zero attached hydrogens (tertiary/aromatic N) is 2. The number of carboxylic acids is 1. The van der Waals surface area contributed by atoms with E-state index in [1.54, 1.807) is 19.9 Å². The standard InChI is InChI=1S/C9H12N2O3/c1-6(2)7(8(12)13)11-5-3-4-10-9(11)14/h3-7H,1-2H3,(H,12,13). The Bertz CT molecular complexity index is 384. The van der Waals surface area contributed by atoms with Gasteiger partial charge in [-0.1, -0.05) is 13.8 Å². The van der Waals surface area contributed by atoms with Gasteiger partial charge in [-0.15, -0.1) is 0 Å². The predicted octanol–water partition coefficient (Wildman–Crippen LogP) is 0.525. The van der Waals surface area contributed by atoms with Crippen LogP contribution < -0.4 is 5.69 Å². The average Bonchev–Trinajstić information content (AvgIpc) is 2.07. The topological polar surface area (TPSA) is 72.2 Å². The van der Waals surface area contributed by atoms with Crippen LogP contribution in [0.25, 0.3) is 0 Å². The molecule has 0 aliphatic carbocycles. The van der Waals surface area contributed by atoms with Crippen LogP contribution in [0.1, 0.15) is 19.9 Å². The van der Waals surface area contributed by atoms with Crippen molar-refractivity contribution in [3.63, 3.8) is 0 Å². The summed E-state index contributed by atoms with van der Waals surface area (Å²) in [5, 5.41) is 8.93. The number of hydrogen-bond donors (Lipinski definition) is 1. The fourth-order valence-corrected chi connectivity index (χ4v) is 1.31. The van der Waals surface area contributed by atoms with Gasteiger partial charge in [0, 0.05) is 12.4 Å². The molecule has 5 heteroatoms. The lowest BCUT2D eigenvalue weighted by atomic mass is 10.0. The highest BCUT2D eigenvalue weighted by Crippen LogP contribution is 2.14. The third kappa shape index (κ3) is 1.99. The second-order valence-corrected chi connectivity index (χ2v) is 3.34. The zero-order valence-electron chi connectivity index (χ0n) is 8.04. The first-order chi connectivity index (χ1) is 6.54. The van der Waals surface area contributed by atoms with Gasteiger partial charge < -0.3 is 5.11 Å². The van der Waals surface area contributed by atoms with Gasteiger partial charge in [0.05, 0.1) is 0 Å². The lowest BCUT2D eigenvalue weighted by molar-refractivity contribution is -0.142. The minimum atomic E-state index is -1.02. The van der Waals surface area contributed by atoms with E-state index in [2.05, 4.69) is 4.98 Å². The van der Waals surface area contributed by atoms with Crippen LogP contribution in [-0.2, 0) is 4.79 Å². The molecular formula is C9H12N2O3. The highest BCUT2D eigenvalue weighted by molar-refractivity contribution is 5.72. The minimum Gasteiger partial charge on any atom is -0.480 e. The number of aliphatic carboxylic acids is 1. The van der Waals surface area contributed by atoms with Crippen LogP contribution in [0.5, 0.6) is 0 Å². The van der Waals surface area contributed by atoms with Crippen molar-refractivity contribution in [2.75, 3.05) is 0 Å². The fraction of sp³-hybridized carbons (Fsp3) is 0.444. The molecule has 1 N–H and O–H groups in total. The molecule has 0 bridgehead atoms. The van der Waals surface area contributed by atoms with Crippen molar-refractivity contribution in [2.45, 2.75) is 19.9 Å². The van der Waals surface area contributed by atoms with Crippen molar-refractivity contribution < 1.29 is 9.90 Å². The molecule has 0 aliphatic heterocycles. The summed E-state index contributed by atoms with van der Waals surface area (Å²) in [5.41, 5.74) is -0.534. The molecular weight excluding hydrogens is 184 g/mol. The Kier molecular flexibility index (Phi) is 3.01. The van der Waals surface area contributed by atoms with Crippen molar-refractivity contribution in [1.29, 1.82) is 0 Å². The molecule has 0 aromatic carbocycles. The molecule has 0 saturated carbocycles. The maximum absolute atomic E-state index is 11.3. The van der Waals surface area contributed by atoms with E-state index in [-0.39, 0.29) is 5.92 Å². The van der Waals surface area contributed by atoms with Crippen LogP contribution in [0.4, 0.5) is 0 Å². The van der Waals surface area contributed by atoms with E-state index < -0.39 is 17.7 Å². The first-order valence-corrected chi connectivity index (χ1v) is 4.30. The minimum absolute atomic E-state index is 0.158. The second kappa shape index (κ2) is 4.04. The Morgan fingerprint density at radius 2 is 2.21 bits per heavy atom. The van der Waals surface area contributed by atoms with E-state index in [1.807, 2.05) is 0 Å². The van der Waals surface area contributed by atoms with E-state index >= 15 is 0 Å². The molecule has 1 heterocycles. The van der Waals surface area contributed by atoms with Crippen molar-refractivity contribution >= 4 is 5.97 Å². The van der Waals surface area contributed by atoms with Crippen molar-refractivity contribution in [3.8, 4) is 0 Å². The smallest absolute Gasteiger partial charge is 0.348 e. The molecule has 0 spiro atoms. The van der Waals surface area contributed by atoms with Crippen LogP contribution >= 0.6 is 0 Å². The van der Waals surface area contributed by atoms with Gasteiger partial charge >= 0.3 is 11.7 Å². The van der Waals surface area contributed by atoms with Crippen LogP contribution in [0.3, 0.4) is 0 Å². The molecule has 1 rings (SSSR count). The molecule has 14 heavy (non-hydrogen) atoms. The van der Waals surface area contributed by atoms with Crippen molar-refractivity contribution in [1.82, 2.24) is 9.55 Å². The predicted molar refractivity (Wildman–Crippen MR) is 50.0 cm³/mol. The Hall–Kier alpha value is -1.65. The lowest BCUT2D eigenvalue weighted by Crippen LogP contribution is -2.33. The third-order valence-corrected chi connectivity index (χ3v) is 1.92. The summed E-state index contributed by atoms with van der Waals surface area (Å²) in [6.45, 7) is 3.50. The van der Waals surface area contributed by atoms with Crippen molar-refractivity contribution in [2.24, 2.45) is 5.92 Å². The van der Waals surface area contributed by atoms with E-state index in [4.69, 9.17) is 5.11 Å². The summed E-state index contributed by atoms with van der Waals surface area (Å²) < 4.78 is 1.13. The third-order valence-electron chi connectivity index (χ3n) is 1.92. The molecule has 0 saturated heterocycles. The van der Waals surface area contributed by atoms with Gasteiger partial charge in [0.2, 0.25) is 0 Å². The maximum atomic E-state index is 11.3. The molecule has 0 fully saturated rings. The van der Waals surface area contributed by atoms with Crippen molar-refractivity contribution in [3.05, 3.63) is 28.9 Å². The first-order valence-electron chi connectivity index (χ1n) is 4.30. The van der Waals surface area contributed by atoms with Gasteiger partial charge in [0.25, 0.3) is 0 Å². The largest absolute Gasteiger partial charge is 0.480 e. The molecule has 0 aliphatic rings. The molecule has 0 radical (unpaired) electrons. The van der Waals surface area contributed by atoms with Crippen LogP contribution in [0.2, 0.25) is 0 Å². The molecule has 5 nitrogen and oxygen atoms in total. The van der Waals surface area contributed by atoms with E-state index in [1.165, 1.54) is 12.4 Å². The van der Waals surface area contributed by atoms with Crippen LogP contribution in [-0.4, -0.2) is 20.6 Å². The zero-order valence-corrected chi connectivity index (χ0v) is 8.04. The number of carbonyl (C=O) groups is 1. The van der Waals surface area contributed by atoms with Gasteiger partial charge in [0.1, 0.15) is 6.04 Å². The summed E-state index contributed by atoms with van der Waals surface area (Å²) in [6, 6.07) is 0.691. The number of hydrogen-bond acceptors (Lipinski definition) is 3. The highest BCUT2D eigenvalue weighted by atomic mass is 16.4. The SMILES string of the molecule is CC(C)C(C(=O)O)n1cccnc1=O. The monoisotopic (exact) mass is 196 g/mol. The summed E-state index contributed by atoms with van der Waals surface area (Å²) in [5.74, 6) is -1.18.